The number of rotatable bonds is 2. The second-order valence-electron chi connectivity index (χ2n) is 12.2. The molecule has 0 spiro atoms. The van der Waals surface area contributed by atoms with Crippen molar-refractivity contribution in [3.63, 3.8) is 0 Å². The molecule has 210 valence electrons. The molecule has 0 saturated heterocycles. The standard InChI is InChI=1S/C39H27N3O2/c1-21(2)41-31-9-5-3-7-24(31)26-15-18-35-36(37(26)41)30-20-23(12-17-34(30)43-35)22-11-16-32-29(19-22)27-13-14-28-25-8-4-6-10-33(25)44-39(28)38(27)42(32)40/h3-21H,40H2,1-2H3. The average Bonchev–Trinajstić information content (AvgIpc) is 3.78. The predicted octanol–water partition coefficient (Wildman–Crippen LogP) is 10.7. The number of furan rings is 2. The minimum Gasteiger partial charge on any atom is -0.456 e. The molecule has 0 atom stereocenters. The Bertz CT molecular complexity index is 2820. The van der Waals surface area contributed by atoms with Gasteiger partial charge < -0.3 is 19.2 Å². The molecule has 10 rings (SSSR count). The number of nitrogen functional groups attached to an aromatic ring is 1. The summed E-state index contributed by atoms with van der Waals surface area (Å²) in [5.74, 6) is 6.74. The van der Waals surface area contributed by atoms with Gasteiger partial charge in [0.05, 0.1) is 16.4 Å². The van der Waals surface area contributed by atoms with Crippen molar-refractivity contribution in [1.82, 2.24) is 9.24 Å². The average molecular weight is 570 g/mol. The highest BCUT2D eigenvalue weighted by Gasteiger charge is 2.21. The van der Waals surface area contributed by atoms with Crippen molar-refractivity contribution in [1.29, 1.82) is 0 Å². The summed E-state index contributed by atoms with van der Waals surface area (Å²) in [4.78, 5) is 0. The zero-order valence-corrected chi connectivity index (χ0v) is 24.3. The Kier molecular flexibility index (Phi) is 4.46. The molecule has 0 unspecified atom stereocenters. The quantitative estimate of drug-likeness (QED) is 0.211. The van der Waals surface area contributed by atoms with Gasteiger partial charge in [0.15, 0.2) is 5.58 Å². The van der Waals surface area contributed by atoms with Crippen LogP contribution in [0.1, 0.15) is 19.9 Å². The van der Waals surface area contributed by atoms with Gasteiger partial charge in [-0.05, 0) is 79.6 Å². The molecule has 44 heavy (non-hydrogen) atoms. The first-order chi connectivity index (χ1) is 21.6. The number of fused-ring (bicyclic) bond motifs is 14. The van der Waals surface area contributed by atoms with E-state index in [0.717, 1.165) is 76.8 Å². The van der Waals surface area contributed by atoms with Gasteiger partial charge in [-0.25, -0.2) is 0 Å². The summed E-state index contributed by atoms with van der Waals surface area (Å²) in [6.07, 6.45) is 0. The molecule has 0 amide bonds. The summed E-state index contributed by atoms with van der Waals surface area (Å²) >= 11 is 0. The van der Waals surface area contributed by atoms with Gasteiger partial charge in [-0.15, -0.1) is 0 Å². The van der Waals surface area contributed by atoms with Crippen LogP contribution in [0.25, 0.3) is 98.6 Å². The van der Waals surface area contributed by atoms with Crippen LogP contribution in [0.5, 0.6) is 0 Å². The van der Waals surface area contributed by atoms with Crippen LogP contribution >= 0.6 is 0 Å². The Labute approximate surface area is 251 Å². The monoisotopic (exact) mass is 569 g/mol. The maximum Gasteiger partial charge on any atom is 0.161 e. The van der Waals surface area contributed by atoms with Crippen molar-refractivity contribution in [3.05, 3.63) is 109 Å². The summed E-state index contributed by atoms with van der Waals surface area (Å²) in [5, 5.41) is 9.16. The van der Waals surface area contributed by atoms with Crippen molar-refractivity contribution < 1.29 is 8.83 Å². The maximum atomic E-state index is 6.74. The number of nitrogens with two attached hydrogens (primary N) is 1. The third kappa shape index (κ3) is 2.93. The number of benzene rings is 6. The molecule has 5 nitrogen and oxygen atoms in total. The van der Waals surface area contributed by atoms with Crippen molar-refractivity contribution in [3.8, 4) is 11.1 Å². The zero-order chi connectivity index (χ0) is 29.3. The van der Waals surface area contributed by atoms with E-state index in [0.29, 0.717) is 6.04 Å². The highest BCUT2D eigenvalue weighted by molar-refractivity contribution is 6.25. The number of aromatic nitrogens is 2. The van der Waals surface area contributed by atoms with Gasteiger partial charge in [0.2, 0.25) is 0 Å². The SMILES string of the molecule is CC(C)n1c2ccccc2c2ccc3oc4ccc(-c5ccc6c(c5)c5ccc7c8ccccc8oc7c5n6N)cc4c3c21. The number of nitrogens with zero attached hydrogens (tertiary/aromatic N) is 2. The van der Waals surface area contributed by atoms with Crippen molar-refractivity contribution in [2.45, 2.75) is 19.9 Å². The fraction of sp³-hybridized carbons (Fsp3) is 0.0769. The summed E-state index contributed by atoms with van der Waals surface area (Å²) in [5.41, 5.74) is 10.1. The van der Waals surface area contributed by atoms with Gasteiger partial charge in [-0.1, -0.05) is 54.6 Å². The molecule has 0 bridgehead atoms. The predicted molar refractivity (Wildman–Crippen MR) is 183 cm³/mol. The number of hydrogen-bond donors (Lipinski definition) is 1. The summed E-state index contributed by atoms with van der Waals surface area (Å²) in [7, 11) is 0. The third-order valence-corrected chi connectivity index (χ3v) is 9.46. The maximum absolute atomic E-state index is 6.74. The van der Waals surface area contributed by atoms with Crippen molar-refractivity contribution in [2.24, 2.45) is 0 Å². The minimum absolute atomic E-state index is 0.297. The molecule has 0 saturated carbocycles. The second-order valence-corrected chi connectivity index (χ2v) is 12.2. The third-order valence-electron chi connectivity index (χ3n) is 9.46. The zero-order valence-electron chi connectivity index (χ0n) is 24.3. The normalized spacial score (nSPS) is 12.6. The molecule has 0 aliphatic rings. The van der Waals surface area contributed by atoms with E-state index in [-0.39, 0.29) is 0 Å². The molecule has 4 heterocycles. The minimum atomic E-state index is 0.297. The van der Waals surface area contributed by atoms with E-state index in [1.54, 1.807) is 4.68 Å². The van der Waals surface area contributed by atoms with Gasteiger partial charge in [-0.2, -0.15) is 0 Å². The summed E-state index contributed by atoms with van der Waals surface area (Å²) < 4.78 is 17.0. The van der Waals surface area contributed by atoms with E-state index < -0.39 is 0 Å². The van der Waals surface area contributed by atoms with Gasteiger partial charge >= 0.3 is 0 Å². The lowest BCUT2D eigenvalue weighted by atomic mass is 10.00. The lowest BCUT2D eigenvalue weighted by Gasteiger charge is -2.12. The van der Waals surface area contributed by atoms with E-state index in [4.69, 9.17) is 14.7 Å². The van der Waals surface area contributed by atoms with Crippen LogP contribution in [-0.2, 0) is 0 Å². The van der Waals surface area contributed by atoms with Crippen LogP contribution < -0.4 is 5.84 Å². The molecule has 0 aliphatic carbocycles. The molecular formula is C39H27N3O2. The summed E-state index contributed by atoms with van der Waals surface area (Å²) in [6, 6.07) is 38.8. The largest absolute Gasteiger partial charge is 0.456 e. The van der Waals surface area contributed by atoms with Gasteiger partial charge in [0.1, 0.15) is 22.3 Å². The van der Waals surface area contributed by atoms with Crippen LogP contribution in [0, 0.1) is 0 Å². The molecular weight excluding hydrogens is 542 g/mol. The lowest BCUT2D eigenvalue weighted by molar-refractivity contribution is 0.643. The highest BCUT2D eigenvalue weighted by Crippen LogP contribution is 2.43. The Morgan fingerprint density at radius 3 is 2.05 bits per heavy atom. The molecule has 6 aromatic carbocycles. The first-order valence-electron chi connectivity index (χ1n) is 15.1. The second kappa shape index (κ2) is 8.23. The van der Waals surface area contributed by atoms with Crippen LogP contribution in [0.2, 0.25) is 0 Å². The number of hydrogen-bond acceptors (Lipinski definition) is 3. The Balaban J connectivity index is 1.24. The van der Waals surface area contributed by atoms with E-state index in [1.165, 1.54) is 21.8 Å². The molecule has 5 heteroatoms. The Hall–Kier alpha value is -5.68. The van der Waals surface area contributed by atoms with E-state index in [2.05, 4.69) is 109 Å². The van der Waals surface area contributed by atoms with E-state index in [9.17, 15) is 0 Å². The summed E-state index contributed by atoms with van der Waals surface area (Å²) in [6.45, 7) is 4.50. The van der Waals surface area contributed by atoms with Crippen LogP contribution in [0.3, 0.4) is 0 Å². The topological polar surface area (TPSA) is 62.2 Å². The van der Waals surface area contributed by atoms with E-state index >= 15 is 0 Å². The van der Waals surface area contributed by atoms with Crippen molar-refractivity contribution in [2.75, 3.05) is 5.84 Å². The van der Waals surface area contributed by atoms with Crippen LogP contribution in [0.4, 0.5) is 0 Å². The van der Waals surface area contributed by atoms with Crippen LogP contribution in [0.15, 0.2) is 118 Å². The van der Waals surface area contributed by atoms with Crippen LogP contribution in [-0.4, -0.2) is 9.24 Å². The van der Waals surface area contributed by atoms with Gasteiger partial charge in [0, 0.05) is 49.3 Å². The molecule has 10 aromatic rings. The molecule has 0 aliphatic heterocycles. The number of para-hydroxylation sites is 2. The molecule has 0 radical (unpaired) electrons. The van der Waals surface area contributed by atoms with Gasteiger partial charge in [-0.3, -0.25) is 4.68 Å². The smallest absolute Gasteiger partial charge is 0.161 e. The fourth-order valence-corrected chi connectivity index (χ4v) is 7.56. The Morgan fingerprint density at radius 1 is 0.523 bits per heavy atom. The molecule has 0 fully saturated rings. The van der Waals surface area contributed by atoms with Crippen molar-refractivity contribution >= 4 is 87.5 Å². The fourth-order valence-electron chi connectivity index (χ4n) is 7.56. The van der Waals surface area contributed by atoms with Gasteiger partial charge in [0.25, 0.3) is 0 Å². The Morgan fingerprint density at radius 2 is 1.18 bits per heavy atom. The first kappa shape index (κ1) is 23.8. The molecule has 2 N–H and O–H groups in total. The highest BCUT2D eigenvalue weighted by atomic mass is 16.3. The molecule has 4 aromatic heterocycles. The van der Waals surface area contributed by atoms with E-state index in [1.807, 2.05) is 18.2 Å². The lowest BCUT2D eigenvalue weighted by Crippen LogP contribution is -2.06. The first-order valence-corrected chi connectivity index (χ1v) is 15.1.